The third-order valence-electron chi connectivity index (χ3n) is 3.31. The number of carbonyl (C=O) groups excluding carboxylic acids is 1. The molecule has 1 aliphatic heterocycles. The van der Waals surface area contributed by atoms with Crippen LogP contribution in [0.5, 0.6) is 0 Å². The standard InChI is InChI=1S/C11H22N2O2/c1-8(2)9-3-5-13(6-4-9)11(15)10(12)7-14/h8-10,14H,3-7,12H2,1-2H3/t10-/m1/s1. The van der Waals surface area contributed by atoms with Crippen molar-refractivity contribution in [3.63, 3.8) is 0 Å². The van der Waals surface area contributed by atoms with E-state index in [1.165, 1.54) is 0 Å². The van der Waals surface area contributed by atoms with Crippen LogP contribution in [0.15, 0.2) is 0 Å². The molecule has 0 aromatic rings. The summed E-state index contributed by atoms with van der Waals surface area (Å²) in [5.74, 6) is 1.30. The molecule has 4 heteroatoms. The summed E-state index contributed by atoms with van der Waals surface area (Å²) in [4.78, 5) is 13.4. The zero-order valence-corrected chi connectivity index (χ0v) is 9.65. The van der Waals surface area contributed by atoms with Crippen molar-refractivity contribution < 1.29 is 9.90 Å². The maximum Gasteiger partial charge on any atom is 0.241 e. The van der Waals surface area contributed by atoms with Crippen molar-refractivity contribution in [2.75, 3.05) is 19.7 Å². The number of piperidine rings is 1. The molecule has 0 bridgehead atoms. The van der Waals surface area contributed by atoms with Gasteiger partial charge in [-0.1, -0.05) is 13.8 Å². The van der Waals surface area contributed by atoms with Crippen molar-refractivity contribution in [1.82, 2.24) is 4.90 Å². The molecule has 0 aromatic heterocycles. The second-order valence-corrected chi connectivity index (χ2v) is 4.70. The van der Waals surface area contributed by atoms with E-state index in [-0.39, 0.29) is 12.5 Å². The molecule has 0 aromatic carbocycles. The maximum absolute atomic E-state index is 11.6. The molecule has 1 heterocycles. The highest BCUT2D eigenvalue weighted by Crippen LogP contribution is 2.24. The van der Waals surface area contributed by atoms with E-state index in [0.29, 0.717) is 5.92 Å². The summed E-state index contributed by atoms with van der Waals surface area (Å²) >= 11 is 0. The summed E-state index contributed by atoms with van der Waals surface area (Å²) in [6.45, 7) is 5.76. The van der Waals surface area contributed by atoms with Crippen molar-refractivity contribution >= 4 is 5.91 Å². The molecule has 1 saturated heterocycles. The van der Waals surface area contributed by atoms with E-state index in [0.717, 1.165) is 31.8 Å². The van der Waals surface area contributed by atoms with Crippen LogP contribution in [0.25, 0.3) is 0 Å². The maximum atomic E-state index is 11.6. The highest BCUT2D eigenvalue weighted by molar-refractivity contribution is 5.81. The first-order valence-corrected chi connectivity index (χ1v) is 5.71. The van der Waals surface area contributed by atoms with Crippen LogP contribution in [-0.2, 0) is 4.79 Å². The molecule has 0 unspecified atom stereocenters. The lowest BCUT2D eigenvalue weighted by molar-refractivity contribution is -0.135. The summed E-state index contributed by atoms with van der Waals surface area (Å²) < 4.78 is 0. The molecule has 1 amide bonds. The average Bonchev–Trinajstić information content (AvgIpc) is 2.27. The van der Waals surface area contributed by atoms with E-state index in [4.69, 9.17) is 10.8 Å². The van der Waals surface area contributed by atoms with Gasteiger partial charge in [-0.25, -0.2) is 0 Å². The van der Waals surface area contributed by atoms with Crippen molar-refractivity contribution in [3.8, 4) is 0 Å². The molecular weight excluding hydrogens is 192 g/mol. The number of nitrogens with zero attached hydrogens (tertiary/aromatic N) is 1. The minimum atomic E-state index is -0.736. The fraction of sp³-hybridized carbons (Fsp3) is 0.909. The Bertz CT molecular complexity index is 211. The normalized spacial score (nSPS) is 20.7. The molecule has 1 aliphatic rings. The van der Waals surface area contributed by atoms with Crippen LogP contribution in [0.1, 0.15) is 26.7 Å². The van der Waals surface area contributed by atoms with Crippen LogP contribution < -0.4 is 5.73 Å². The lowest BCUT2D eigenvalue weighted by Gasteiger charge is -2.34. The summed E-state index contributed by atoms with van der Waals surface area (Å²) in [6.07, 6.45) is 2.11. The topological polar surface area (TPSA) is 66.6 Å². The molecular formula is C11H22N2O2. The van der Waals surface area contributed by atoms with E-state index < -0.39 is 6.04 Å². The van der Waals surface area contributed by atoms with Crippen molar-refractivity contribution in [3.05, 3.63) is 0 Å². The van der Waals surface area contributed by atoms with Gasteiger partial charge in [0.2, 0.25) is 5.91 Å². The van der Waals surface area contributed by atoms with Gasteiger partial charge in [0.05, 0.1) is 6.61 Å². The summed E-state index contributed by atoms with van der Waals surface area (Å²) in [5, 5.41) is 8.80. The molecule has 0 spiro atoms. The van der Waals surface area contributed by atoms with Gasteiger partial charge in [0.1, 0.15) is 6.04 Å². The largest absolute Gasteiger partial charge is 0.394 e. The Kier molecular flexibility index (Phi) is 4.54. The molecule has 1 fully saturated rings. The van der Waals surface area contributed by atoms with Crippen molar-refractivity contribution in [2.45, 2.75) is 32.7 Å². The van der Waals surface area contributed by atoms with Gasteiger partial charge in [0, 0.05) is 13.1 Å². The number of aliphatic hydroxyl groups excluding tert-OH is 1. The van der Waals surface area contributed by atoms with E-state index in [1.54, 1.807) is 4.90 Å². The third-order valence-corrected chi connectivity index (χ3v) is 3.31. The Morgan fingerprint density at radius 1 is 1.47 bits per heavy atom. The first-order chi connectivity index (χ1) is 7.06. The van der Waals surface area contributed by atoms with Gasteiger partial charge >= 0.3 is 0 Å². The highest BCUT2D eigenvalue weighted by Gasteiger charge is 2.26. The number of hydrogen-bond acceptors (Lipinski definition) is 3. The predicted molar refractivity (Wildman–Crippen MR) is 59.2 cm³/mol. The number of nitrogens with two attached hydrogens (primary N) is 1. The van der Waals surface area contributed by atoms with Gasteiger partial charge in [0.25, 0.3) is 0 Å². The van der Waals surface area contributed by atoms with E-state index >= 15 is 0 Å². The SMILES string of the molecule is CC(C)C1CCN(C(=O)[C@H](N)CO)CC1. The number of rotatable bonds is 3. The summed E-state index contributed by atoms with van der Waals surface area (Å²) in [6, 6.07) is -0.736. The quantitative estimate of drug-likeness (QED) is 0.705. The Hall–Kier alpha value is -0.610. The highest BCUT2D eigenvalue weighted by atomic mass is 16.3. The van der Waals surface area contributed by atoms with Crippen LogP contribution >= 0.6 is 0 Å². The molecule has 0 saturated carbocycles. The molecule has 0 radical (unpaired) electrons. The van der Waals surface area contributed by atoms with E-state index in [1.807, 2.05) is 0 Å². The van der Waals surface area contributed by atoms with Crippen molar-refractivity contribution in [2.24, 2.45) is 17.6 Å². The Morgan fingerprint density at radius 2 is 2.00 bits per heavy atom. The van der Waals surface area contributed by atoms with E-state index in [2.05, 4.69) is 13.8 Å². The van der Waals surface area contributed by atoms with Crippen LogP contribution in [0.4, 0.5) is 0 Å². The van der Waals surface area contributed by atoms with Crippen LogP contribution in [0.2, 0.25) is 0 Å². The zero-order valence-electron chi connectivity index (χ0n) is 9.65. The second kappa shape index (κ2) is 5.47. The molecule has 0 aliphatic carbocycles. The number of likely N-dealkylation sites (tertiary alicyclic amines) is 1. The molecule has 15 heavy (non-hydrogen) atoms. The monoisotopic (exact) mass is 214 g/mol. The van der Waals surface area contributed by atoms with Gasteiger partial charge in [-0.15, -0.1) is 0 Å². The second-order valence-electron chi connectivity index (χ2n) is 4.70. The fourth-order valence-corrected chi connectivity index (χ4v) is 2.10. The van der Waals surface area contributed by atoms with E-state index in [9.17, 15) is 4.79 Å². The first-order valence-electron chi connectivity index (χ1n) is 5.71. The Morgan fingerprint density at radius 3 is 2.40 bits per heavy atom. The smallest absolute Gasteiger partial charge is 0.241 e. The summed E-state index contributed by atoms with van der Waals surface area (Å²) in [5.41, 5.74) is 5.50. The number of aliphatic hydroxyl groups is 1. The van der Waals surface area contributed by atoms with Crippen LogP contribution in [0, 0.1) is 11.8 Å². The predicted octanol–water partition coefficient (Wildman–Crippen LogP) is 0.201. The van der Waals surface area contributed by atoms with Crippen LogP contribution in [0.3, 0.4) is 0 Å². The van der Waals surface area contributed by atoms with Gasteiger partial charge in [-0.3, -0.25) is 4.79 Å². The van der Waals surface area contributed by atoms with Crippen LogP contribution in [-0.4, -0.2) is 41.7 Å². The fourth-order valence-electron chi connectivity index (χ4n) is 2.10. The Balaban J connectivity index is 2.40. The van der Waals surface area contributed by atoms with Crippen molar-refractivity contribution in [1.29, 1.82) is 0 Å². The lowest BCUT2D eigenvalue weighted by Crippen LogP contribution is -2.49. The van der Waals surface area contributed by atoms with Gasteiger partial charge in [-0.2, -0.15) is 0 Å². The molecule has 1 atom stereocenters. The summed E-state index contributed by atoms with van der Waals surface area (Å²) in [7, 11) is 0. The minimum Gasteiger partial charge on any atom is -0.394 e. The zero-order chi connectivity index (χ0) is 11.4. The van der Waals surface area contributed by atoms with Gasteiger partial charge in [0.15, 0.2) is 0 Å². The molecule has 88 valence electrons. The third kappa shape index (κ3) is 3.18. The lowest BCUT2D eigenvalue weighted by atomic mass is 9.86. The average molecular weight is 214 g/mol. The minimum absolute atomic E-state index is 0.111. The van der Waals surface area contributed by atoms with Gasteiger partial charge in [-0.05, 0) is 24.7 Å². The number of hydrogen-bond donors (Lipinski definition) is 2. The molecule has 4 nitrogen and oxygen atoms in total. The number of carbonyl (C=O) groups is 1. The molecule has 3 N–H and O–H groups in total. The van der Waals surface area contributed by atoms with Gasteiger partial charge < -0.3 is 15.7 Å². The Labute approximate surface area is 91.4 Å². The first kappa shape index (κ1) is 12.5. The molecule has 1 rings (SSSR count). The number of amides is 1.